The Hall–Kier alpha value is -2.99. The van der Waals surface area contributed by atoms with Crippen molar-refractivity contribution < 1.29 is 30.0 Å². The monoisotopic (exact) mass is 400 g/mol. The summed E-state index contributed by atoms with van der Waals surface area (Å²) < 4.78 is 5.88. The zero-order chi connectivity index (χ0) is 21.2. The summed E-state index contributed by atoms with van der Waals surface area (Å²) in [6.45, 7) is 2.64. The van der Waals surface area contributed by atoms with Gasteiger partial charge in [-0.25, -0.2) is 0 Å². The first-order valence-corrected chi connectivity index (χ1v) is 9.74. The van der Waals surface area contributed by atoms with Gasteiger partial charge in [0.25, 0.3) is 0 Å². The van der Waals surface area contributed by atoms with E-state index in [1.807, 2.05) is 0 Å². The first-order valence-electron chi connectivity index (χ1n) is 9.74. The Morgan fingerprint density at radius 1 is 1.00 bits per heavy atom. The maximum atomic E-state index is 12.4. The molecule has 0 bridgehead atoms. The van der Waals surface area contributed by atoms with Crippen molar-refractivity contribution in [1.29, 1.82) is 0 Å². The second-order valence-electron chi connectivity index (χ2n) is 6.96. The van der Waals surface area contributed by atoms with Gasteiger partial charge in [-0.1, -0.05) is 31.6 Å². The van der Waals surface area contributed by atoms with Crippen molar-refractivity contribution in [1.82, 2.24) is 0 Å². The lowest BCUT2D eigenvalue weighted by Gasteiger charge is -2.17. The summed E-state index contributed by atoms with van der Waals surface area (Å²) in [4.78, 5) is 12.4. The maximum absolute atomic E-state index is 12.4. The first kappa shape index (κ1) is 22.3. The lowest BCUT2D eigenvalue weighted by atomic mass is 10.0. The van der Waals surface area contributed by atoms with Crippen LogP contribution in [0.2, 0.25) is 0 Å². The number of carbonyl (C=O) groups excluding carboxylic acids is 1. The molecule has 0 aliphatic heterocycles. The number of rotatable bonds is 11. The predicted molar refractivity (Wildman–Crippen MR) is 111 cm³/mol. The van der Waals surface area contributed by atoms with Crippen molar-refractivity contribution >= 4 is 11.9 Å². The Morgan fingerprint density at radius 3 is 2.34 bits per heavy atom. The van der Waals surface area contributed by atoms with Crippen LogP contribution in [0.5, 0.6) is 23.0 Å². The third-order valence-electron chi connectivity index (χ3n) is 4.54. The first-order chi connectivity index (χ1) is 13.9. The number of ketones is 1. The van der Waals surface area contributed by atoms with Crippen LogP contribution in [0.15, 0.2) is 42.5 Å². The Kier molecular flexibility index (Phi) is 8.55. The summed E-state index contributed by atoms with van der Waals surface area (Å²) in [5, 5.41) is 37.9. The number of carbonyl (C=O) groups is 1. The zero-order valence-electron chi connectivity index (χ0n) is 16.5. The molecule has 0 saturated heterocycles. The molecule has 6 heteroatoms. The highest BCUT2D eigenvalue weighted by atomic mass is 16.5. The largest absolute Gasteiger partial charge is 0.504 e. The minimum absolute atomic E-state index is 0.104. The Balaban J connectivity index is 1.96. The van der Waals surface area contributed by atoms with Gasteiger partial charge in [0.1, 0.15) is 0 Å². The SMILES string of the molecule is CCCCO[C@@H](CCc1ccc(O)c(O)c1)CC(=O)/C=C/c1ccc(O)c(O)c1. The molecule has 0 heterocycles. The fraction of sp³-hybridized carbons (Fsp3) is 0.348. The van der Waals surface area contributed by atoms with Crippen LogP contribution in [0.1, 0.15) is 43.7 Å². The molecule has 1 atom stereocenters. The summed E-state index contributed by atoms with van der Waals surface area (Å²) in [5.74, 6) is -0.879. The van der Waals surface area contributed by atoms with Gasteiger partial charge in [-0.2, -0.15) is 0 Å². The molecular weight excluding hydrogens is 372 g/mol. The highest BCUT2D eigenvalue weighted by Crippen LogP contribution is 2.27. The van der Waals surface area contributed by atoms with Crippen LogP contribution >= 0.6 is 0 Å². The van der Waals surface area contributed by atoms with Crippen LogP contribution in [-0.2, 0) is 16.0 Å². The predicted octanol–water partition coefficient (Wildman–Crippen LogP) is 4.30. The Labute approximate surface area is 170 Å². The van der Waals surface area contributed by atoms with Crippen LogP contribution in [0.3, 0.4) is 0 Å². The standard InChI is InChI=1S/C23H28O6/c1-2-3-12-29-19(9-5-17-7-11-21(26)23(28)14-17)15-18(24)8-4-16-6-10-20(25)22(27)13-16/h4,6-8,10-11,13-14,19,25-28H,2-3,5,9,12,15H2,1H3/b8-4+/t19-/m0/s1. The smallest absolute Gasteiger partial charge is 0.158 e. The number of aryl methyl sites for hydroxylation is 1. The quantitative estimate of drug-likeness (QED) is 0.254. The van der Waals surface area contributed by atoms with Crippen LogP contribution in [0, 0.1) is 0 Å². The van der Waals surface area contributed by atoms with Crippen LogP contribution < -0.4 is 0 Å². The number of hydrogen-bond acceptors (Lipinski definition) is 6. The molecule has 0 radical (unpaired) electrons. The van der Waals surface area contributed by atoms with Gasteiger partial charge in [-0.05, 0) is 60.7 Å². The van der Waals surface area contributed by atoms with Crippen molar-refractivity contribution in [2.24, 2.45) is 0 Å². The molecule has 6 nitrogen and oxygen atoms in total. The molecule has 0 saturated carbocycles. The van der Waals surface area contributed by atoms with Gasteiger partial charge < -0.3 is 25.2 Å². The lowest BCUT2D eigenvalue weighted by Crippen LogP contribution is -2.18. The Bertz CT molecular complexity index is 843. The fourth-order valence-electron chi connectivity index (χ4n) is 2.82. The molecule has 0 aliphatic carbocycles. The van der Waals surface area contributed by atoms with E-state index in [2.05, 4.69) is 6.92 Å². The van der Waals surface area contributed by atoms with Gasteiger partial charge in [0.05, 0.1) is 6.10 Å². The van der Waals surface area contributed by atoms with E-state index < -0.39 is 0 Å². The van der Waals surface area contributed by atoms with Gasteiger partial charge in [-0.15, -0.1) is 0 Å². The molecule has 4 N–H and O–H groups in total. The van der Waals surface area contributed by atoms with Crippen molar-refractivity contribution in [3.63, 3.8) is 0 Å². The van der Waals surface area contributed by atoms with Gasteiger partial charge in [-0.3, -0.25) is 4.79 Å². The molecule has 156 valence electrons. The Morgan fingerprint density at radius 2 is 1.69 bits per heavy atom. The highest BCUT2D eigenvalue weighted by molar-refractivity contribution is 5.93. The average molecular weight is 400 g/mol. The van der Waals surface area contributed by atoms with Crippen LogP contribution in [0.25, 0.3) is 6.08 Å². The summed E-state index contributed by atoms with van der Waals surface area (Å²) in [7, 11) is 0. The van der Waals surface area contributed by atoms with Gasteiger partial charge in [0, 0.05) is 13.0 Å². The second-order valence-corrected chi connectivity index (χ2v) is 6.96. The minimum Gasteiger partial charge on any atom is -0.504 e. The molecule has 0 aromatic heterocycles. The van der Waals surface area contributed by atoms with Gasteiger partial charge >= 0.3 is 0 Å². The third kappa shape index (κ3) is 7.50. The minimum atomic E-state index is -0.261. The summed E-state index contributed by atoms with van der Waals surface area (Å²) in [5.41, 5.74) is 1.46. The van der Waals surface area contributed by atoms with E-state index >= 15 is 0 Å². The van der Waals surface area contributed by atoms with Crippen LogP contribution in [-0.4, -0.2) is 38.9 Å². The van der Waals surface area contributed by atoms with Crippen molar-refractivity contribution in [3.05, 3.63) is 53.6 Å². The highest BCUT2D eigenvalue weighted by Gasteiger charge is 2.14. The molecule has 2 aromatic carbocycles. The molecular formula is C23H28O6. The van der Waals surface area contributed by atoms with E-state index in [4.69, 9.17) is 4.74 Å². The second kappa shape index (κ2) is 11.1. The lowest BCUT2D eigenvalue weighted by molar-refractivity contribution is -0.117. The molecule has 0 aliphatic rings. The van der Waals surface area contributed by atoms with Crippen molar-refractivity contribution in [3.8, 4) is 23.0 Å². The molecule has 0 amide bonds. The molecule has 0 fully saturated rings. The van der Waals surface area contributed by atoms with Crippen molar-refractivity contribution in [2.75, 3.05) is 6.61 Å². The maximum Gasteiger partial charge on any atom is 0.158 e. The number of phenolic OH excluding ortho intramolecular Hbond substituents is 4. The molecule has 0 unspecified atom stereocenters. The molecule has 2 aromatic rings. The number of unbranched alkanes of at least 4 members (excludes halogenated alkanes) is 1. The fourth-order valence-corrected chi connectivity index (χ4v) is 2.82. The van der Waals surface area contributed by atoms with Crippen LogP contribution in [0.4, 0.5) is 0 Å². The number of phenols is 4. The normalized spacial score (nSPS) is 12.3. The number of benzene rings is 2. The summed E-state index contributed by atoms with van der Waals surface area (Å²) in [6.07, 6.45) is 6.10. The summed E-state index contributed by atoms with van der Waals surface area (Å²) >= 11 is 0. The topological polar surface area (TPSA) is 107 Å². The number of allylic oxidation sites excluding steroid dienone is 1. The molecule has 2 rings (SSSR count). The van der Waals surface area contributed by atoms with Gasteiger partial charge in [0.2, 0.25) is 0 Å². The van der Waals surface area contributed by atoms with E-state index in [0.29, 0.717) is 25.0 Å². The van der Waals surface area contributed by atoms with E-state index in [1.165, 1.54) is 30.3 Å². The van der Waals surface area contributed by atoms with Gasteiger partial charge in [0.15, 0.2) is 28.8 Å². The number of hydrogen-bond donors (Lipinski definition) is 4. The van der Waals surface area contributed by atoms with E-state index in [-0.39, 0.29) is 41.3 Å². The van der Waals surface area contributed by atoms with E-state index in [9.17, 15) is 25.2 Å². The average Bonchev–Trinajstić information content (AvgIpc) is 2.69. The molecule has 29 heavy (non-hydrogen) atoms. The van der Waals surface area contributed by atoms with E-state index in [1.54, 1.807) is 18.2 Å². The summed E-state index contributed by atoms with van der Waals surface area (Å²) in [6, 6.07) is 9.04. The number of ether oxygens (including phenoxy) is 1. The molecule has 0 spiro atoms. The zero-order valence-corrected chi connectivity index (χ0v) is 16.5. The van der Waals surface area contributed by atoms with Crippen molar-refractivity contribution in [2.45, 2.75) is 45.1 Å². The van der Waals surface area contributed by atoms with E-state index in [0.717, 1.165) is 18.4 Å². The number of aromatic hydroxyl groups is 4. The third-order valence-corrected chi connectivity index (χ3v) is 4.54.